The van der Waals surface area contributed by atoms with Gasteiger partial charge in [-0.15, -0.1) is 0 Å². The fourth-order valence-electron chi connectivity index (χ4n) is 2.42. The number of hydrogen-bond acceptors (Lipinski definition) is 4. The molecule has 0 aliphatic carbocycles. The van der Waals surface area contributed by atoms with Gasteiger partial charge in [0.1, 0.15) is 12.4 Å². The maximum Gasteiger partial charge on any atom is 0.250 e. The lowest BCUT2D eigenvalue weighted by atomic mass is 10.1. The van der Waals surface area contributed by atoms with E-state index in [4.69, 9.17) is 9.84 Å². The summed E-state index contributed by atoms with van der Waals surface area (Å²) >= 11 is 0. The number of ether oxygens (including phenoxy) is 1. The molecule has 3 N–H and O–H groups in total. The molecule has 1 unspecified atom stereocenters. The van der Waals surface area contributed by atoms with Crippen LogP contribution in [-0.2, 0) is 11.2 Å². The zero-order chi connectivity index (χ0) is 17.4. The fraction of sp³-hybridized carbons (Fsp3) is 0.316. The van der Waals surface area contributed by atoms with Crippen LogP contribution < -0.4 is 15.4 Å². The summed E-state index contributed by atoms with van der Waals surface area (Å²) in [4.78, 5) is 11.2. The van der Waals surface area contributed by atoms with Crippen LogP contribution in [0.4, 0.5) is 11.4 Å². The van der Waals surface area contributed by atoms with Crippen LogP contribution >= 0.6 is 0 Å². The highest BCUT2D eigenvalue weighted by Gasteiger charge is 2.05. The Labute approximate surface area is 142 Å². The van der Waals surface area contributed by atoms with Gasteiger partial charge in [-0.25, -0.2) is 0 Å². The summed E-state index contributed by atoms with van der Waals surface area (Å²) in [5.41, 5.74) is 2.88. The summed E-state index contributed by atoms with van der Waals surface area (Å²) in [6.07, 6.45) is 1.96. The average molecular weight is 328 g/mol. The number of benzene rings is 2. The minimum atomic E-state index is -0.518. The molecule has 0 saturated carbocycles. The molecule has 0 aliphatic rings. The van der Waals surface area contributed by atoms with Crippen molar-refractivity contribution in [2.45, 2.75) is 25.8 Å². The second-order valence-electron chi connectivity index (χ2n) is 5.72. The zero-order valence-electron chi connectivity index (χ0n) is 14.1. The van der Waals surface area contributed by atoms with Crippen molar-refractivity contribution in [1.82, 2.24) is 0 Å². The molecule has 5 nitrogen and oxygen atoms in total. The lowest BCUT2D eigenvalue weighted by Crippen LogP contribution is -2.17. The molecule has 0 bridgehead atoms. The Morgan fingerprint density at radius 1 is 1.17 bits per heavy atom. The molecule has 2 aromatic rings. The number of carbonyl (C=O) groups excluding carboxylic acids is 1. The summed E-state index contributed by atoms with van der Waals surface area (Å²) in [6.45, 7) is 1.61. The van der Waals surface area contributed by atoms with E-state index in [0.29, 0.717) is 5.69 Å². The largest absolute Gasteiger partial charge is 0.497 e. The Bertz CT molecular complexity index is 656. The van der Waals surface area contributed by atoms with Gasteiger partial charge in [-0.1, -0.05) is 18.2 Å². The number of aliphatic hydroxyl groups is 1. The smallest absolute Gasteiger partial charge is 0.250 e. The molecule has 2 aromatic carbocycles. The summed E-state index contributed by atoms with van der Waals surface area (Å²) in [6, 6.07) is 15.9. The van der Waals surface area contributed by atoms with Crippen molar-refractivity contribution >= 4 is 17.3 Å². The van der Waals surface area contributed by atoms with Crippen LogP contribution in [0.3, 0.4) is 0 Å². The molecule has 0 aliphatic heterocycles. The molecule has 0 fully saturated rings. The van der Waals surface area contributed by atoms with E-state index in [-0.39, 0.29) is 6.04 Å². The molecular formula is C19H24N2O3. The van der Waals surface area contributed by atoms with Crippen LogP contribution in [0.15, 0.2) is 48.5 Å². The number of aryl methyl sites for hydroxylation is 1. The van der Waals surface area contributed by atoms with Gasteiger partial charge in [0.15, 0.2) is 0 Å². The molecule has 5 heteroatoms. The van der Waals surface area contributed by atoms with Crippen molar-refractivity contribution < 1.29 is 14.6 Å². The SMILES string of the molecule is COc1ccc(CCC(C)Nc2cccc(NC(=O)CO)c2)cc1. The van der Waals surface area contributed by atoms with Gasteiger partial charge >= 0.3 is 0 Å². The number of carbonyl (C=O) groups is 1. The van der Waals surface area contributed by atoms with Gasteiger partial charge in [-0.2, -0.15) is 0 Å². The van der Waals surface area contributed by atoms with E-state index in [1.807, 2.05) is 30.3 Å². The minimum absolute atomic E-state index is 0.288. The van der Waals surface area contributed by atoms with Gasteiger partial charge in [-0.05, 0) is 55.7 Å². The topological polar surface area (TPSA) is 70.6 Å². The summed E-state index contributed by atoms with van der Waals surface area (Å²) in [5.74, 6) is 0.450. The highest BCUT2D eigenvalue weighted by atomic mass is 16.5. The van der Waals surface area contributed by atoms with Gasteiger partial charge in [0.05, 0.1) is 7.11 Å². The monoisotopic (exact) mass is 328 g/mol. The fourth-order valence-corrected chi connectivity index (χ4v) is 2.42. The highest BCUT2D eigenvalue weighted by molar-refractivity contribution is 5.91. The molecule has 128 valence electrons. The van der Waals surface area contributed by atoms with Crippen LogP contribution in [0, 0.1) is 0 Å². The second kappa shape index (κ2) is 8.93. The van der Waals surface area contributed by atoms with E-state index in [1.54, 1.807) is 13.2 Å². The van der Waals surface area contributed by atoms with Crippen LogP contribution in [-0.4, -0.2) is 30.8 Å². The van der Waals surface area contributed by atoms with Crippen molar-refractivity contribution in [2.24, 2.45) is 0 Å². The summed E-state index contributed by atoms with van der Waals surface area (Å²) < 4.78 is 5.16. The second-order valence-corrected chi connectivity index (χ2v) is 5.72. The molecule has 24 heavy (non-hydrogen) atoms. The Morgan fingerprint density at radius 3 is 2.54 bits per heavy atom. The predicted molar refractivity (Wildman–Crippen MR) is 96.6 cm³/mol. The molecule has 1 amide bonds. The van der Waals surface area contributed by atoms with Crippen LogP contribution in [0.25, 0.3) is 0 Å². The van der Waals surface area contributed by atoms with E-state index in [0.717, 1.165) is 24.3 Å². The number of nitrogens with one attached hydrogen (secondary N) is 2. The Hall–Kier alpha value is -2.53. The first-order valence-electron chi connectivity index (χ1n) is 8.01. The molecule has 0 aromatic heterocycles. The first-order valence-corrected chi connectivity index (χ1v) is 8.01. The lowest BCUT2D eigenvalue weighted by molar-refractivity contribution is -0.118. The van der Waals surface area contributed by atoms with E-state index in [2.05, 4.69) is 29.7 Å². The van der Waals surface area contributed by atoms with Crippen LogP contribution in [0.5, 0.6) is 5.75 Å². The maximum atomic E-state index is 11.2. The molecule has 0 heterocycles. The summed E-state index contributed by atoms with van der Waals surface area (Å²) in [7, 11) is 1.66. The van der Waals surface area contributed by atoms with Crippen LogP contribution in [0.1, 0.15) is 18.9 Å². The minimum Gasteiger partial charge on any atom is -0.497 e. The van der Waals surface area contributed by atoms with Crippen molar-refractivity contribution in [3.05, 3.63) is 54.1 Å². The van der Waals surface area contributed by atoms with E-state index >= 15 is 0 Å². The molecule has 1 atom stereocenters. The number of rotatable bonds is 8. The number of aliphatic hydroxyl groups excluding tert-OH is 1. The normalized spacial score (nSPS) is 11.6. The van der Waals surface area contributed by atoms with Crippen molar-refractivity contribution in [2.75, 3.05) is 24.4 Å². The average Bonchev–Trinajstić information content (AvgIpc) is 2.60. The summed E-state index contributed by atoms with van der Waals surface area (Å²) in [5, 5.41) is 14.8. The third-order valence-electron chi connectivity index (χ3n) is 3.73. The van der Waals surface area contributed by atoms with E-state index in [1.165, 1.54) is 5.56 Å². The third-order valence-corrected chi connectivity index (χ3v) is 3.73. The first kappa shape index (κ1) is 17.8. The van der Waals surface area contributed by atoms with Gasteiger partial charge in [0.25, 0.3) is 0 Å². The van der Waals surface area contributed by atoms with Crippen molar-refractivity contribution in [1.29, 1.82) is 0 Å². The van der Waals surface area contributed by atoms with Crippen molar-refractivity contribution in [3.8, 4) is 5.75 Å². The van der Waals surface area contributed by atoms with Crippen LogP contribution in [0.2, 0.25) is 0 Å². The standard InChI is InChI=1S/C19H24N2O3/c1-14(6-7-15-8-10-18(24-2)11-9-15)20-16-4-3-5-17(12-16)21-19(23)13-22/h3-5,8-12,14,20,22H,6-7,13H2,1-2H3,(H,21,23). The molecule has 0 saturated heterocycles. The maximum absolute atomic E-state index is 11.2. The Balaban J connectivity index is 1.86. The Kier molecular flexibility index (Phi) is 6.63. The molecule has 0 spiro atoms. The number of anilines is 2. The molecule has 2 rings (SSSR count). The van der Waals surface area contributed by atoms with Gasteiger partial charge in [0.2, 0.25) is 5.91 Å². The predicted octanol–water partition coefficient (Wildman–Crippen LogP) is 3.06. The highest BCUT2D eigenvalue weighted by Crippen LogP contribution is 2.18. The van der Waals surface area contributed by atoms with E-state index < -0.39 is 12.5 Å². The quantitative estimate of drug-likeness (QED) is 0.696. The van der Waals surface area contributed by atoms with Gasteiger partial charge < -0.3 is 20.5 Å². The van der Waals surface area contributed by atoms with Gasteiger partial charge in [0, 0.05) is 17.4 Å². The zero-order valence-corrected chi connectivity index (χ0v) is 14.1. The number of methoxy groups -OCH3 is 1. The van der Waals surface area contributed by atoms with Gasteiger partial charge in [-0.3, -0.25) is 4.79 Å². The number of amides is 1. The Morgan fingerprint density at radius 2 is 1.88 bits per heavy atom. The third kappa shape index (κ3) is 5.59. The number of hydrogen-bond donors (Lipinski definition) is 3. The molecule has 0 radical (unpaired) electrons. The lowest BCUT2D eigenvalue weighted by Gasteiger charge is -2.16. The van der Waals surface area contributed by atoms with E-state index in [9.17, 15) is 4.79 Å². The van der Waals surface area contributed by atoms with Crippen molar-refractivity contribution in [3.63, 3.8) is 0 Å². The molecular weight excluding hydrogens is 304 g/mol. The first-order chi connectivity index (χ1) is 11.6.